The molecule has 7 heteroatoms. The largest absolute Gasteiger partial charge is 0.494 e. The third-order valence-electron chi connectivity index (χ3n) is 5.25. The zero-order chi connectivity index (χ0) is 22.9. The van der Waals surface area contributed by atoms with Gasteiger partial charge in [0, 0.05) is 12.0 Å². The van der Waals surface area contributed by atoms with Gasteiger partial charge in [0.2, 0.25) is 5.91 Å². The molecule has 32 heavy (non-hydrogen) atoms. The van der Waals surface area contributed by atoms with Crippen LogP contribution in [-0.2, 0) is 25.5 Å². The van der Waals surface area contributed by atoms with Crippen molar-refractivity contribution in [2.24, 2.45) is 5.92 Å². The van der Waals surface area contributed by atoms with Crippen molar-refractivity contribution in [2.45, 2.75) is 25.8 Å². The highest BCUT2D eigenvalue weighted by atomic mass is 16.6. The predicted molar refractivity (Wildman–Crippen MR) is 119 cm³/mol. The fraction of sp³-hybridized carbons (Fsp3) is 0.320. The van der Waals surface area contributed by atoms with Gasteiger partial charge in [-0.25, -0.2) is 14.5 Å². The number of methoxy groups -OCH3 is 1. The number of imide groups is 1. The Labute approximate surface area is 187 Å². The maximum atomic E-state index is 12.9. The van der Waals surface area contributed by atoms with Crippen LogP contribution < -0.4 is 4.74 Å². The number of amides is 2. The maximum Gasteiger partial charge on any atom is 0.416 e. The van der Waals surface area contributed by atoms with Crippen LogP contribution in [0, 0.1) is 5.92 Å². The first-order chi connectivity index (χ1) is 15.5. The van der Waals surface area contributed by atoms with Crippen LogP contribution in [-0.4, -0.2) is 49.2 Å². The summed E-state index contributed by atoms with van der Waals surface area (Å²) >= 11 is 0. The number of carbonyl (C=O) groups excluding carboxylic acids is 3. The van der Waals surface area contributed by atoms with Crippen LogP contribution in [0.5, 0.6) is 5.75 Å². The molecular formula is C25H27NO6. The Morgan fingerprint density at radius 2 is 1.88 bits per heavy atom. The summed E-state index contributed by atoms with van der Waals surface area (Å²) in [7, 11) is 1.32. The Bertz CT molecular complexity index is 954. The second-order valence-electron chi connectivity index (χ2n) is 7.59. The summed E-state index contributed by atoms with van der Waals surface area (Å²) in [5.41, 5.74) is 1.89. The van der Waals surface area contributed by atoms with E-state index in [0.29, 0.717) is 25.2 Å². The van der Waals surface area contributed by atoms with Gasteiger partial charge in [-0.1, -0.05) is 49.4 Å². The lowest BCUT2D eigenvalue weighted by molar-refractivity contribution is -0.135. The minimum atomic E-state index is -0.584. The van der Waals surface area contributed by atoms with E-state index in [4.69, 9.17) is 9.47 Å². The second kappa shape index (κ2) is 11.1. The molecular weight excluding hydrogens is 410 g/mol. The van der Waals surface area contributed by atoms with Crippen molar-refractivity contribution in [3.63, 3.8) is 0 Å². The molecule has 3 rings (SSSR count). The van der Waals surface area contributed by atoms with E-state index in [1.54, 1.807) is 25.1 Å². The lowest BCUT2D eigenvalue weighted by Crippen LogP contribution is -2.43. The van der Waals surface area contributed by atoms with Gasteiger partial charge >= 0.3 is 12.1 Å². The first kappa shape index (κ1) is 23.1. The normalized spacial score (nSPS) is 16.6. The number of nitrogens with zero attached hydrogens (tertiary/aromatic N) is 1. The van der Waals surface area contributed by atoms with E-state index in [1.807, 2.05) is 42.5 Å². The fourth-order valence-electron chi connectivity index (χ4n) is 3.39. The number of carbonyl (C=O) groups is 3. The zero-order valence-electron chi connectivity index (χ0n) is 18.2. The van der Waals surface area contributed by atoms with Crippen LogP contribution in [0.3, 0.4) is 0 Å². The molecule has 1 aliphatic heterocycles. The summed E-state index contributed by atoms with van der Waals surface area (Å²) in [6.07, 6.45) is 3.44. The average molecular weight is 437 g/mol. The molecule has 0 bridgehead atoms. The summed E-state index contributed by atoms with van der Waals surface area (Å²) in [5, 5.41) is 0. The standard InChI is InChI=1S/C25H27NO6/c1-18(14-15-31-22-11-8-19(9-12-22)10-13-23(27)30-2)24(28)26-21(17-32-25(26)29)16-20-6-4-3-5-7-20/h3-13,18,21H,14-17H2,1-2H3/b13-10+/t18-,21-/m1/s1. The Balaban J connectivity index is 1.50. The quantitative estimate of drug-likeness (QED) is 0.438. The van der Waals surface area contributed by atoms with E-state index in [2.05, 4.69) is 4.74 Å². The van der Waals surface area contributed by atoms with Gasteiger partial charge in [-0.15, -0.1) is 0 Å². The lowest BCUT2D eigenvalue weighted by Gasteiger charge is -2.23. The molecule has 2 aromatic rings. The first-order valence-corrected chi connectivity index (χ1v) is 10.5. The molecule has 1 saturated heterocycles. The van der Waals surface area contributed by atoms with Gasteiger partial charge in [0.25, 0.3) is 0 Å². The zero-order valence-corrected chi connectivity index (χ0v) is 18.2. The second-order valence-corrected chi connectivity index (χ2v) is 7.59. The lowest BCUT2D eigenvalue weighted by atomic mass is 10.0. The molecule has 0 unspecified atom stereocenters. The van der Waals surface area contributed by atoms with Crippen LogP contribution in [0.4, 0.5) is 4.79 Å². The third kappa shape index (κ3) is 6.20. The van der Waals surface area contributed by atoms with Gasteiger partial charge in [0.05, 0.1) is 19.8 Å². The molecule has 2 amide bonds. The van der Waals surface area contributed by atoms with Crippen LogP contribution in [0.25, 0.3) is 6.08 Å². The summed E-state index contributed by atoms with van der Waals surface area (Å²) in [4.78, 5) is 37.5. The van der Waals surface area contributed by atoms with Crippen LogP contribution in [0.15, 0.2) is 60.7 Å². The molecule has 2 aromatic carbocycles. The van der Waals surface area contributed by atoms with Gasteiger partial charge in [0.15, 0.2) is 0 Å². The van der Waals surface area contributed by atoms with Crippen LogP contribution in [0.1, 0.15) is 24.5 Å². The maximum absolute atomic E-state index is 12.9. The highest BCUT2D eigenvalue weighted by Crippen LogP contribution is 2.21. The number of hydrogen-bond acceptors (Lipinski definition) is 6. The Kier molecular flexibility index (Phi) is 8.02. The van der Waals surface area contributed by atoms with E-state index >= 15 is 0 Å². The van der Waals surface area contributed by atoms with E-state index in [9.17, 15) is 14.4 Å². The topological polar surface area (TPSA) is 82.1 Å². The van der Waals surface area contributed by atoms with E-state index in [0.717, 1.165) is 11.1 Å². The van der Waals surface area contributed by atoms with Crippen molar-refractivity contribution >= 4 is 24.0 Å². The molecule has 1 heterocycles. The molecule has 168 valence electrons. The number of hydrogen-bond donors (Lipinski definition) is 0. The monoisotopic (exact) mass is 437 g/mol. The van der Waals surface area contributed by atoms with Gasteiger partial charge < -0.3 is 14.2 Å². The Morgan fingerprint density at radius 1 is 1.16 bits per heavy atom. The molecule has 1 fully saturated rings. The summed E-state index contributed by atoms with van der Waals surface area (Å²) in [5.74, 6) is -0.402. The van der Waals surface area contributed by atoms with E-state index < -0.39 is 12.1 Å². The van der Waals surface area contributed by atoms with Crippen molar-refractivity contribution in [2.75, 3.05) is 20.3 Å². The smallest absolute Gasteiger partial charge is 0.416 e. The highest BCUT2D eigenvalue weighted by molar-refractivity contribution is 5.94. The molecule has 0 N–H and O–H groups in total. The van der Waals surface area contributed by atoms with Crippen LogP contribution in [0.2, 0.25) is 0 Å². The highest BCUT2D eigenvalue weighted by Gasteiger charge is 2.39. The molecule has 0 aliphatic carbocycles. The average Bonchev–Trinajstić information content (AvgIpc) is 3.18. The number of cyclic esters (lactones) is 1. The van der Waals surface area contributed by atoms with Crippen molar-refractivity contribution in [3.8, 4) is 5.75 Å². The van der Waals surface area contributed by atoms with Crippen molar-refractivity contribution < 1.29 is 28.6 Å². The van der Waals surface area contributed by atoms with Gasteiger partial charge in [0.1, 0.15) is 12.4 Å². The number of rotatable bonds is 9. The number of ether oxygens (including phenoxy) is 3. The van der Waals surface area contributed by atoms with Crippen molar-refractivity contribution in [1.82, 2.24) is 4.90 Å². The SMILES string of the molecule is COC(=O)/C=C/c1ccc(OCC[C@@H](C)C(=O)N2C(=O)OC[C@H]2Cc2ccccc2)cc1. The van der Waals surface area contributed by atoms with Crippen LogP contribution >= 0.6 is 0 Å². The molecule has 0 saturated carbocycles. The molecule has 2 atom stereocenters. The van der Waals surface area contributed by atoms with Crippen molar-refractivity contribution in [1.29, 1.82) is 0 Å². The van der Waals surface area contributed by atoms with E-state index in [-0.39, 0.29) is 24.5 Å². The summed E-state index contributed by atoms with van der Waals surface area (Å²) in [6, 6.07) is 16.6. The summed E-state index contributed by atoms with van der Waals surface area (Å²) in [6.45, 7) is 2.33. The molecule has 0 spiro atoms. The molecule has 0 aromatic heterocycles. The summed E-state index contributed by atoms with van der Waals surface area (Å²) < 4.78 is 15.4. The molecule has 1 aliphatic rings. The minimum absolute atomic E-state index is 0.208. The third-order valence-corrected chi connectivity index (χ3v) is 5.25. The van der Waals surface area contributed by atoms with Gasteiger partial charge in [-0.05, 0) is 42.2 Å². The van der Waals surface area contributed by atoms with E-state index in [1.165, 1.54) is 18.1 Å². The number of benzene rings is 2. The number of esters is 1. The first-order valence-electron chi connectivity index (χ1n) is 10.5. The Hall–Kier alpha value is -3.61. The van der Waals surface area contributed by atoms with Gasteiger partial charge in [-0.2, -0.15) is 0 Å². The fourth-order valence-corrected chi connectivity index (χ4v) is 3.39. The van der Waals surface area contributed by atoms with Gasteiger partial charge in [-0.3, -0.25) is 4.79 Å². The molecule has 0 radical (unpaired) electrons. The molecule has 7 nitrogen and oxygen atoms in total. The van der Waals surface area contributed by atoms with Crippen molar-refractivity contribution in [3.05, 3.63) is 71.8 Å². The predicted octanol–water partition coefficient (Wildman–Crippen LogP) is 3.87. The minimum Gasteiger partial charge on any atom is -0.494 e. The Morgan fingerprint density at radius 3 is 2.56 bits per heavy atom.